The van der Waals surface area contributed by atoms with Gasteiger partial charge in [-0.3, -0.25) is 9.78 Å². The lowest BCUT2D eigenvalue weighted by molar-refractivity contribution is -0.117. The number of rotatable bonds is 2. The van der Waals surface area contributed by atoms with Gasteiger partial charge in [0.2, 0.25) is 15.9 Å². The number of nitrogens with zero attached hydrogens (tertiary/aromatic N) is 1. The monoisotopic (exact) mass is 391 g/mol. The number of aromatic nitrogens is 1. The molecule has 4 rings (SSSR count). The summed E-state index contributed by atoms with van der Waals surface area (Å²) in [6, 6.07) is 4.50. The lowest BCUT2D eigenvalue weighted by Gasteiger charge is -2.26. The van der Waals surface area contributed by atoms with Gasteiger partial charge in [0, 0.05) is 17.8 Å². The molecule has 2 aliphatic rings. The van der Waals surface area contributed by atoms with E-state index in [1.807, 2.05) is 6.20 Å². The van der Waals surface area contributed by atoms with Crippen LogP contribution >= 0.6 is 11.6 Å². The number of nitrogens with one attached hydrogen (secondary N) is 2. The third-order valence-electron chi connectivity index (χ3n) is 4.96. The average Bonchev–Trinajstić information content (AvgIpc) is 2.61. The number of hydrogen-bond acceptors (Lipinski definition) is 4. The normalized spacial score (nSPS) is 20.7. The van der Waals surface area contributed by atoms with Gasteiger partial charge in [0.25, 0.3) is 0 Å². The molecule has 6 nitrogen and oxygen atoms in total. The van der Waals surface area contributed by atoms with Gasteiger partial charge in [0.05, 0.1) is 22.7 Å². The Morgan fingerprint density at radius 2 is 2.04 bits per heavy atom. The smallest absolute Gasteiger partial charge is 0.240 e. The Kier molecular flexibility index (Phi) is 4.46. The molecule has 0 saturated carbocycles. The third kappa shape index (κ3) is 3.11. The first kappa shape index (κ1) is 17.5. The van der Waals surface area contributed by atoms with Gasteiger partial charge in [-0.2, -0.15) is 0 Å². The van der Waals surface area contributed by atoms with Crippen LogP contribution in [0.15, 0.2) is 35.5 Å². The standard InChI is InChI=1S/C18H18ClN3O3S/c19-12-5-6-17-14(7-12)15(9-21-26(17,24)25)18(23)22-16-10-20-8-11-3-1-2-4-13(11)16/h5-8,10,15,21H,1-4,9H2,(H,22,23)/t15-/m1/s1. The molecule has 1 aliphatic heterocycles. The Hall–Kier alpha value is -1.96. The van der Waals surface area contributed by atoms with Crippen molar-refractivity contribution in [3.05, 3.63) is 52.3 Å². The number of carbonyl (C=O) groups excluding carboxylic acids is 1. The molecular weight excluding hydrogens is 374 g/mol. The summed E-state index contributed by atoms with van der Waals surface area (Å²) >= 11 is 6.04. The first-order valence-corrected chi connectivity index (χ1v) is 10.4. The summed E-state index contributed by atoms with van der Waals surface area (Å²) < 4.78 is 26.9. The van der Waals surface area contributed by atoms with Crippen molar-refractivity contribution in [2.75, 3.05) is 11.9 Å². The maximum Gasteiger partial charge on any atom is 0.240 e. The van der Waals surface area contributed by atoms with Gasteiger partial charge >= 0.3 is 0 Å². The van der Waals surface area contributed by atoms with E-state index in [9.17, 15) is 13.2 Å². The summed E-state index contributed by atoms with van der Waals surface area (Å²) in [5.41, 5.74) is 3.43. The SMILES string of the molecule is O=C(Nc1cncc2c1CCCC2)[C@@H]1CNS(=O)(=O)c2ccc(Cl)cc21. The fourth-order valence-electron chi connectivity index (χ4n) is 3.64. The minimum Gasteiger partial charge on any atom is -0.324 e. The molecule has 0 unspecified atom stereocenters. The van der Waals surface area contributed by atoms with Gasteiger partial charge in [0.1, 0.15) is 0 Å². The number of fused-ring (bicyclic) bond motifs is 2. The Morgan fingerprint density at radius 1 is 1.23 bits per heavy atom. The van der Waals surface area contributed by atoms with Crippen molar-refractivity contribution in [3.8, 4) is 0 Å². The van der Waals surface area contributed by atoms with E-state index in [2.05, 4.69) is 15.0 Å². The minimum absolute atomic E-state index is 0.00393. The number of aryl methyl sites for hydroxylation is 1. The summed E-state index contributed by atoms with van der Waals surface area (Å²) in [6.45, 7) is 0.00393. The number of sulfonamides is 1. The fraction of sp³-hybridized carbons (Fsp3) is 0.333. The average molecular weight is 392 g/mol. The molecule has 2 aromatic rings. The van der Waals surface area contributed by atoms with Crippen molar-refractivity contribution in [2.24, 2.45) is 0 Å². The summed E-state index contributed by atoms with van der Waals surface area (Å²) in [7, 11) is -3.61. The first-order valence-electron chi connectivity index (χ1n) is 8.51. The van der Waals surface area contributed by atoms with E-state index < -0.39 is 15.9 Å². The Balaban J connectivity index is 1.67. The molecule has 0 bridgehead atoms. The van der Waals surface area contributed by atoms with Crippen LogP contribution in [-0.2, 0) is 27.7 Å². The van der Waals surface area contributed by atoms with E-state index in [0.29, 0.717) is 16.3 Å². The second kappa shape index (κ2) is 6.64. The lowest BCUT2D eigenvalue weighted by Crippen LogP contribution is -2.39. The van der Waals surface area contributed by atoms with Crippen molar-refractivity contribution in [1.82, 2.24) is 9.71 Å². The fourth-order valence-corrected chi connectivity index (χ4v) is 5.12. The van der Waals surface area contributed by atoms with Gasteiger partial charge in [-0.15, -0.1) is 0 Å². The van der Waals surface area contributed by atoms with E-state index in [1.165, 1.54) is 17.7 Å². The van der Waals surface area contributed by atoms with Crippen molar-refractivity contribution >= 4 is 33.2 Å². The molecular formula is C18H18ClN3O3S. The van der Waals surface area contributed by atoms with E-state index in [-0.39, 0.29) is 17.3 Å². The molecule has 2 heterocycles. The number of carbonyl (C=O) groups is 1. The molecule has 0 saturated heterocycles. The van der Waals surface area contributed by atoms with Crippen LogP contribution < -0.4 is 10.0 Å². The molecule has 2 N–H and O–H groups in total. The van der Waals surface area contributed by atoms with Crippen LogP contribution in [0.4, 0.5) is 5.69 Å². The Labute approximate surface area is 157 Å². The summed E-state index contributed by atoms with van der Waals surface area (Å²) in [4.78, 5) is 17.3. The van der Waals surface area contributed by atoms with Gasteiger partial charge in [0.15, 0.2) is 0 Å². The molecule has 8 heteroatoms. The van der Waals surface area contributed by atoms with E-state index in [1.54, 1.807) is 12.3 Å². The highest BCUT2D eigenvalue weighted by Crippen LogP contribution is 2.33. The van der Waals surface area contributed by atoms with Crippen LogP contribution in [-0.4, -0.2) is 25.9 Å². The van der Waals surface area contributed by atoms with Crippen LogP contribution in [0, 0.1) is 0 Å². The molecule has 1 amide bonds. The third-order valence-corrected chi connectivity index (χ3v) is 6.69. The highest BCUT2D eigenvalue weighted by atomic mass is 35.5. The van der Waals surface area contributed by atoms with Gasteiger partial charge < -0.3 is 5.32 Å². The summed E-state index contributed by atoms with van der Waals surface area (Å²) in [5, 5.41) is 3.35. The zero-order chi connectivity index (χ0) is 18.3. The van der Waals surface area contributed by atoms with E-state index in [0.717, 1.165) is 31.2 Å². The number of hydrogen-bond donors (Lipinski definition) is 2. The predicted molar refractivity (Wildman–Crippen MR) is 98.9 cm³/mol. The van der Waals surface area contributed by atoms with Crippen LogP contribution in [0.25, 0.3) is 0 Å². The molecule has 1 aromatic heterocycles. The molecule has 136 valence electrons. The number of amides is 1. The Morgan fingerprint density at radius 3 is 2.88 bits per heavy atom. The minimum atomic E-state index is -3.61. The topological polar surface area (TPSA) is 88.2 Å². The predicted octanol–water partition coefficient (Wildman–Crippen LogP) is 2.63. The number of benzene rings is 1. The van der Waals surface area contributed by atoms with Crippen molar-refractivity contribution in [2.45, 2.75) is 36.5 Å². The van der Waals surface area contributed by atoms with E-state index >= 15 is 0 Å². The van der Waals surface area contributed by atoms with Crippen LogP contribution in [0.1, 0.15) is 35.4 Å². The number of anilines is 1. The highest BCUT2D eigenvalue weighted by Gasteiger charge is 2.34. The van der Waals surface area contributed by atoms with Crippen molar-refractivity contribution < 1.29 is 13.2 Å². The number of halogens is 1. The highest BCUT2D eigenvalue weighted by molar-refractivity contribution is 7.89. The zero-order valence-electron chi connectivity index (χ0n) is 14.0. The van der Waals surface area contributed by atoms with Gasteiger partial charge in [-0.1, -0.05) is 11.6 Å². The van der Waals surface area contributed by atoms with Crippen LogP contribution in [0.3, 0.4) is 0 Å². The summed E-state index contributed by atoms with van der Waals surface area (Å²) in [6.07, 6.45) is 7.60. The second-order valence-electron chi connectivity index (χ2n) is 6.61. The molecule has 0 radical (unpaired) electrons. The molecule has 1 aromatic carbocycles. The van der Waals surface area contributed by atoms with Crippen LogP contribution in [0.2, 0.25) is 5.02 Å². The van der Waals surface area contributed by atoms with Gasteiger partial charge in [-0.05, 0) is 60.6 Å². The van der Waals surface area contributed by atoms with Crippen molar-refractivity contribution in [1.29, 1.82) is 0 Å². The largest absolute Gasteiger partial charge is 0.324 e. The second-order valence-corrected chi connectivity index (χ2v) is 8.78. The van der Waals surface area contributed by atoms with Crippen molar-refractivity contribution in [3.63, 3.8) is 0 Å². The summed E-state index contributed by atoms with van der Waals surface area (Å²) in [5.74, 6) is -0.914. The molecule has 1 atom stereocenters. The number of pyridine rings is 1. The lowest BCUT2D eigenvalue weighted by atomic mass is 9.92. The zero-order valence-corrected chi connectivity index (χ0v) is 15.5. The van der Waals surface area contributed by atoms with E-state index in [4.69, 9.17) is 11.6 Å². The molecule has 26 heavy (non-hydrogen) atoms. The maximum absolute atomic E-state index is 12.9. The van der Waals surface area contributed by atoms with Crippen LogP contribution in [0.5, 0.6) is 0 Å². The first-order chi connectivity index (χ1) is 12.5. The molecule has 0 spiro atoms. The quantitative estimate of drug-likeness (QED) is 0.823. The molecule has 0 fully saturated rings. The Bertz CT molecular complexity index is 991. The van der Waals surface area contributed by atoms with Gasteiger partial charge in [-0.25, -0.2) is 13.1 Å². The maximum atomic E-state index is 12.9. The molecule has 1 aliphatic carbocycles.